The number of ether oxygens (including phenoxy) is 1. The number of hydrogen-bond donors (Lipinski definition) is 3. The van der Waals surface area contributed by atoms with Gasteiger partial charge in [-0.15, -0.1) is 0 Å². The number of aromatic nitrogens is 1. The zero-order valence-electron chi connectivity index (χ0n) is 17.7. The highest BCUT2D eigenvalue weighted by molar-refractivity contribution is 5.99. The van der Waals surface area contributed by atoms with Crippen LogP contribution in [-0.2, 0) is 12.7 Å². The van der Waals surface area contributed by atoms with E-state index in [-0.39, 0.29) is 25.1 Å². The van der Waals surface area contributed by atoms with Gasteiger partial charge >= 0.3 is 6.18 Å². The number of carbonyl (C=O) groups is 1. The van der Waals surface area contributed by atoms with E-state index in [2.05, 4.69) is 15.6 Å². The predicted molar refractivity (Wildman–Crippen MR) is 116 cm³/mol. The fraction of sp³-hybridized carbons (Fsp3) is 0.304. The van der Waals surface area contributed by atoms with Gasteiger partial charge in [0.25, 0.3) is 5.91 Å². The number of alkyl halides is 3. The largest absolute Gasteiger partial charge is 0.496 e. The number of methoxy groups -OCH3 is 1. The van der Waals surface area contributed by atoms with Gasteiger partial charge in [0.15, 0.2) is 0 Å². The lowest BCUT2D eigenvalue weighted by Gasteiger charge is -2.14. The number of aliphatic hydroxyl groups is 1. The molecule has 3 rings (SSSR count). The molecule has 1 amide bonds. The summed E-state index contributed by atoms with van der Waals surface area (Å²) in [6.45, 7) is 1.90. The zero-order chi connectivity index (χ0) is 23.3. The summed E-state index contributed by atoms with van der Waals surface area (Å²) in [4.78, 5) is 17.0. The van der Waals surface area contributed by atoms with Gasteiger partial charge < -0.3 is 20.5 Å². The van der Waals surface area contributed by atoms with Crippen molar-refractivity contribution in [2.75, 3.05) is 19.0 Å². The number of nitrogens with one attached hydrogen (secondary N) is 2. The Hall–Kier alpha value is -3.33. The molecule has 1 atom stereocenters. The monoisotopic (exact) mass is 447 g/mol. The molecule has 0 aliphatic heterocycles. The summed E-state index contributed by atoms with van der Waals surface area (Å²) < 4.78 is 44.2. The second kappa shape index (κ2) is 9.86. The fourth-order valence-electron chi connectivity index (χ4n) is 3.22. The number of fused-ring (bicyclic) bond motifs is 1. The first kappa shape index (κ1) is 23.3. The molecule has 1 aromatic heterocycles. The number of nitrogens with zero attached hydrogens (tertiary/aromatic N) is 1. The number of halogens is 3. The minimum Gasteiger partial charge on any atom is -0.496 e. The summed E-state index contributed by atoms with van der Waals surface area (Å²) in [5, 5.41) is 15.5. The average molecular weight is 447 g/mol. The van der Waals surface area contributed by atoms with E-state index in [1.165, 1.54) is 13.2 Å². The molecular weight excluding hydrogens is 423 g/mol. The van der Waals surface area contributed by atoms with Crippen LogP contribution in [0.1, 0.15) is 34.8 Å². The van der Waals surface area contributed by atoms with Gasteiger partial charge in [-0.05, 0) is 49.2 Å². The second-order valence-corrected chi connectivity index (χ2v) is 7.38. The van der Waals surface area contributed by atoms with Crippen molar-refractivity contribution in [1.29, 1.82) is 0 Å². The SMILES string of the molecule is COc1cc(NCc2cccc(C(F)(F)F)c2)nc2cc(C(=O)N[C@H](C)CCO)ccc12. The third kappa shape index (κ3) is 5.67. The van der Waals surface area contributed by atoms with Gasteiger partial charge in [-0.1, -0.05) is 12.1 Å². The Morgan fingerprint density at radius 3 is 2.66 bits per heavy atom. The van der Waals surface area contributed by atoms with E-state index >= 15 is 0 Å². The van der Waals surface area contributed by atoms with Gasteiger partial charge in [-0.2, -0.15) is 13.2 Å². The van der Waals surface area contributed by atoms with E-state index in [0.717, 1.165) is 12.1 Å². The highest BCUT2D eigenvalue weighted by Crippen LogP contribution is 2.31. The lowest BCUT2D eigenvalue weighted by molar-refractivity contribution is -0.137. The van der Waals surface area contributed by atoms with Crippen LogP contribution < -0.4 is 15.4 Å². The van der Waals surface area contributed by atoms with Crippen LogP contribution in [0.3, 0.4) is 0 Å². The second-order valence-electron chi connectivity index (χ2n) is 7.38. The van der Waals surface area contributed by atoms with Gasteiger partial charge in [-0.3, -0.25) is 4.79 Å². The molecule has 3 N–H and O–H groups in total. The van der Waals surface area contributed by atoms with E-state index in [4.69, 9.17) is 9.84 Å². The van der Waals surface area contributed by atoms with E-state index in [0.29, 0.717) is 40.0 Å². The number of carbonyl (C=O) groups excluding carboxylic acids is 1. The number of anilines is 1. The highest BCUT2D eigenvalue weighted by Gasteiger charge is 2.30. The minimum absolute atomic E-state index is 0.0289. The van der Waals surface area contributed by atoms with Crippen LogP contribution >= 0.6 is 0 Å². The Morgan fingerprint density at radius 1 is 1.19 bits per heavy atom. The number of hydrogen-bond acceptors (Lipinski definition) is 5. The first-order valence-electron chi connectivity index (χ1n) is 10.0. The molecule has 0 aliphatic carbocycles. The van der Waals surface area contributed by atoms with Gasteiger partial charge in [0.1, 0.15) is 11.6 Å². The molecule has 0 unspecified atom stereocenters. The van der Waals surface area contributed by atoms with Crippen molar-refractivity contribution < 1.29 is 27.8 Å². The molecule has 0 bridgehead atoms. The predicted octanol–water partition coefficient (Wildman–Crippen LogP) is 4.38. The van der Waals surface area contributed by atoms with Crippen molar-refractivity contribution in [2.24, 2.45) is 0 Å². The molecule has 3 aromatic rings. The van der Waals surface area contributed by atoms with Crippen LogP contribution in [0, 0.1) is 0 Å². The number of benzene rings is 2. The maximum absolute atomic E-state index is 12.9. The topological polar surface area (TPSA) is 83.5 Å². The quantitative estimate of drug-likeness (QED) is 0.478. The highest BCUT2D eigenvalue weighted by atomic mass is 19.4. The van der Waals surface area contributed by atoms with E-state index in [1.54, 1.807) is 37.3 Å². The lowest BCUT2D eigenvalue weighted by atomic mass is 10.1. The summed E-state index contributed by atoms with van der Waals surface area (Å²) in [7, 11) is 1.50. The molecule has 0 spiro atoms. The minimum atomic E-state index is -4.41. The molecule has 0 saturated carbocycles. The zero-order valence-corrected chi connectivity index (χ0v) is 17.7. The molecule has 0 aliphatic rings. The van der Waals surface area contributed by atoms with Crippen LogP contribution in [0.15, 0.2) is 48.5 Å². The van der Waals surface area contributed by atoms with Crippen molar-refractivity contribution in [3.8, 4) is 5.75 Å². The molecule has 9 heteroatoms. The van der Waals surface area contributed by atoms with Gasteiger partial charge in [0.05, 0.1) is 18.2 Å². The molecule has 0 fully saturated rings. The molecule has 6 nitrogen and oxygen atoms in total. The standard InChI is InChI=1S/C23H24F3N3O3/c1-14(8-9-30)28-22(31)16-6-7-18-19(11-16)29-21(12-20(18)32-2)27-13-15-4-3-5-17(10-15)23(24,25)26/h3-7,10-12,14,30H,8-9,13H2,1-2H3,(H,27,29)(H,28,31)/t14-/m1/s1. The van der Waals surface area contributed by atoms with Gasteiger partial charge in [0.2, 0.25) is 0 Å². The Morgan fingerprint density at radius 2 is 1.97 bits per heavy atom. The number of aliphatic hydroxyl groups excluding tert-OH is 1. The summed E-state index contributed by atoms with van der Waals surface area (Å²) in [5.41, 5.74) is 0.629. The first-order chi connectivity index (χ1) is 15.2. The smallest absolute Gasteiger partial charge is 0.416 e. The maximum Gasteiger partial charge on any atom is 0.416 e. The Kier molecular flexibility index (Phi) is 7.19. The van der Waals surface area contributed by atoms with Crippen molar-refractivity contribution >= 4 is 22.6 Å². The van der Waals surface area contributed by atoms with Crippen LogP contribution in [0.25, 0.3) is 10.9 Å². The maximum atomic E-state index is 12.9. The normalized spacial score (nSPS) is 12.4. The Labute approximate surface area is 183 Å². The van der Waals surface area contributed by atoms with Crippen LogP contribution in [0.4, 0.5) is 19.0 Å². The van der Waals surface area contributed by atoms with Crippen LogP contribution in [0.5, 0.6) is 5.75 Å². The summed E-state index contributed by atoms with van der Waals surface area (Å²) in [6.07, 6.45) is -3.97. The molecule has 0 saturated heterocycles. The summed E-state index contributed by atoms with van der Waals surface area (Å²) in [6, 6.07) is 11.5. The number of amides is 1. The third-order valence-corrected chi connectivity index (χ3v) is 4.92. The first-order valence-corrected chi connectivity index (χ1v) is 10.0. The van der Waals surface area contributed by atoms with Crippen LogP contribution in [0.2, 0.25) is 0 Å². The van der Waals surface area contributed by atoms with Crippen LogP contribution in [-0.4, -0.2) is 35.8 Å². The van der Waals surface area contributed by atoms with Gasteiger partial charge in [-0.25, -0.2) is 4.98 Å². The Bertz CT molecular complexity index is 1100. The average Bonchev–Trinajstić information content (AvgIpc) is 2.76. The van der Waals surface area contributed by atoms with E-state index in [9.17, 15) is 18.0 Å². The van der Waals surface area contributed by atoms with Gasteiger partial charge in [0, 0.05) is 36.2 Å². The molecular formula is C23H24F3N3O3. The van der Waals surface area contributed by atoms with Crippen molar-refractivity contribution in [3.63, 3.8) is 0 Å². The summed E-state index contributed by atoms with van der Waals surface area (Å²) in [5.74, 6) is 0.621. The van der Waals surface area contributed by atoms with E-state index in [1.807, 2.05) is 0 Å². The van der Waals surface area contributed by atoms with Crippen molar-refractivity contribution in [3.05, 3.63) is 65.2 Å². The Balaban J connectivity index is 1.84. The van der Waals surface area contributed by atoms with E-state index < -0.39 is 11.7 Å². The summed E-state index contributed by atoms with van der Waals surface area (Å²) >= 11 is 0. The number of rotatable bonds is 8. The molecule has 2 aromatic carbocycles. The molecule has 32 heavy (non-hydrogen) atoms. The fourth-order valence-corrected chi connectivity index (χ4v) is 3.22. The molecule has 1 heterocycles. The molecule has 0 radical (unpaired) electrons. The van der Waals surface area contributed by atoms with Crippen molar-refractivity contribution in [2.45, 2.75) is 32.1 Å². The number of pyridine rings is 1. The lowest BCUT2D eigenvalue weighted by Crippen LogP contribution is -2.33. The molecule has 170 valence electrons. The third-order valence-electron chi connectivity index (χ3n) is 4.92. The van der Waals surface area contributed by atoms with Crippen molar-refractivity contribution in [1.82, 2.24) is 10.3 Å².